The zero-order valence-corrected chi connectivity index (χ0v) is 13.9. The molecule has 0 aliphatic heterocycles. The van der Waals surface area contributed by atoms with Gasteiger partial charge in [-0.2, -0.15) is 10.2 Å². The van der Waals surface area contributed by atoms with Crippen LogP contribution in [0.4, 0.5) is 0 Å². The predicted molar refractivity (Wildman–Crippen MR) is 98.5 cm³/mol. The lowest BCUT2D eigenvalue weighted by molar-refractivity contribution is 0.560. The van der Waals surface area contributed by atoms with E-state index in [1.165, 1.54) is 5.69 Å². The summed E-state index contributed by atoms with van der Waals surface area (Å²) in [6.07, 6.45) is 10.7. The largest absolute Gasteiger partial charge is 0.382 e. The summed E-state index contributed by atoms with van der Waals surface area (Å²) in [6.45, 7) is 3.10. The maximum absolute atomic E-state index is 5.74. The van der Waals surface area contributed by atoms with Gasteiger partial charge in [0.25, 0.3) is 0 Å². The quantitative estimate of drug-likeness (QED) is 0.384. The molecule has 1 atom stereocenters. The first kappa shape index (κ1) is 16.1. The Morgan fingerprint density at radius 2 is 2.08 bits per heavy atom. The Labute approximate surface area is 142 Å². The molecular weight excluding hydrogens is 298 g/mol. The lowest BCUT2D eigenvalue weighted by atomic mass is 9.96. The SMILES string of the molecule is CCCn1nc(-c2ccc(/C(N)=N/N)cc2)cc1C1C=CC=CC1. The van der Waals surface area contributed by atoms with E-state index >= 15 is 0 Å². The van der Waals surface area contributed by atoms with Crippen molar-refractivity contribution in [3.8, 4) is 11.3 Å². The first-order valence-corrected chi connectivity index (χ1v) is 8.28. The molecule has 1 aliphatic carbocycles. The first-order chi connectivity index (χ1) is 11.7. The number of amidine groups is 1. The third kappa shape index (κ3) is 3.25. The summed E-state index contributed by atoms with van der Waals surface area (Å²) in [5.41, 5.74) is 9.87. The van der Waals surface area contributed by atoms with Crippen LogP contribution in [0.1, 0.15) is 36.9 Å². The Balaban J connectivity index is 1.93. The number of hydrogen-bond acceptors (Lipinski definition) is 3. The Bertz CT molecular complexity index is 781. The van der Waals surface area contributed by atoms with E-state index in [0.29, 0.717) is 11.8 Å². The minimum absolute atomic E-state index is 0.331. The van der Waals surface area contributed by atoms with Gasteiger partial charge < -0.3 is 11.6 Å². The maximum Gasteiger partial charge on any atom is 0.150 e. The van der Waals surface area contributed by atoms with Crippen LogP contribution in [-0.2, 0) is 6.54 Å². The first-order valence-electron chi connectivity index (χ1n) is 8.28. The highest BCUT2D eigenvalue weighted by Gasteiger charge is 2.17. The van der Waals surface area contributed by atoms with Crippen LogP contribution in [0.15, 0.2) is 59.7 Å². The van der Waals surface area contributed by atoms with Gasteiger partial charge in [0.2, 0.25) is 0 Å². The summed E-state index contributed by atoms with van der Waals surface area (Å²) >= 11 is 0. The molecule has 5 nitrogen and oxygen atoms in total. The normalized spacial score (nSPS) is 17.4. The molecule has 0 bridgehead atoms. The number of hydrazone groups is 1. The van der Waals surface area contributed by atoms with Crippen LogP contribution in [0.3, 0.4) is 0 Å². The van der Waals surface area contributed by atoms with E-state index in [4.69, 9.17) is 16.7 Å². The molecule has 24 heavy (non-hydrogen) atoms. The van der Waals surface area contributed by atoms with Gasteiger partial charge in [0.1, 0.15) is 5.84 Å². The topological polar surface area (TPSA) is 82.2 Å². The minimum Gasteiger partial charge on any atom is -0.382 e. The number of nitrogens with two attached hydrogens (primary N) is 2. The Morgan fingerprint density at radius 3 is 2.71 bits per heavy atom. The molecule has 1 heterocycles. The number of rotatable bonds is 5. The molecule has 0 spiro atoms. The molecule has 1 aromatic carbocycles. The lowest BCUT2D eigenvalue weighted by Gasteiger charge is -2.14. The van der Waals surface area contributed by atoms with Crippen LogP contribution >= 0.6 is 0 Å². The van der Waals surface area contributed by atoms with Gasteiger partial charge in [-0.15, -0.1) is 0 Å². The molecule has 4 N–H and O–H groups in total. The Hall–Kier alpha value is -2.82. The van der Waals surface area contributed by atoms with Crippen LogP contribution in [0, 0.1) is 0 Å². The number of nitrogens with zero attached hydrogens (tertiary/aromatic N) is 3. The van der Waals surface area contributed by atoms with Crippen molar-refractivity contribution >= 4 is 5.84 Å². The van der Waals surface area contributed by atoms with Crippen molar-refractivity contribution in [2.24, 2.45) is 16.7 Å². The summed E-state index contributed by atoms with van der Waals surface area (Å²) in [4.78, 5) is 0. The lowest BCUT2D eigenvalue weighted by Crippen LogP contribution is -2.15. The monoisotopic (exact) mass is 321 g/mol. The van der Waals surface area contributed by atoms with Crippen molar-refractivity contribution in [3.05, 3.63) is 65.9 Å². The molecule has 2 aromatic rings. The van der Waals surface area contributed by atoms with E-state index in [1.807, 2.05) is 24.3 Å². The summed E-state index contributed by atoms with van der Waals surface area (Å²) < 4.78 is 2.13. The summed E-state index contributed by atoms with van der Waals surface area (Å²) in [7, 11) is 0. The van der Waals surface area contributed by atoms with Crippen LogP contribution in [0.25, 0.3) is 11.3 Å². The van der Waals surface area contributed by atoms with Gasteiger partial charge in [-0.05, 0) is 18.9 Å². The van der Waals surface area contributed by atoms with E-state index in [9.17, 15) is 0 Å². The van der Waals surface area contributed by atoms with Crippen molar-refractivity contribution in [3.63, 3.8) is 0 Å². The van der Waals surface area contributed by atoms with E-state index in [2.05, 4.69) is 47.1 Å². The number of benzene rings is 1. The second-order valence-corrected chi connectivity index (χ2v) is 5.92. The standard InChI is InChI=1S/C19H23N5/c1-2-12-24-18(15-6-4-3-5-7-15)13-17(23-24)14-8-10-16(11-9-14)19(20)22-21/h3-6,8-11,13,15H,2,7,12,21H2,1H3,(H2,20,22). The van der Waals surface area contributed by atoms with Gasteiger partial charge in [-0.25, -0.2) is 0 Å². The summed E-state index contributed by atoms with van der Waals surface area (Å²) in [5, 5.41) is 8.34. The zero-order chi connectivity index (χ0) is 16.9. The van der Waals surface area contributed by atoms with Crippen molar-refractivity contribution in [1.82, 2.24) is 9.78 Å². The molecule has 0 radical (unpaired) electrons. The second-order valence-electron chi connectivity index (χ2n) is 5.92. The molecule has 0 amide bonds. The number of allylic oxidation sites excluding steroid dienone is 4. The molecule has 1 aromatic heterocycles. The fourth-order valence-corrected chi connectivity index (χ4v) is 2.95. The van der Waals surface area contributed by atoms with E-state index in [1.54, 1.807) is 0 Å². The summed E-state index contributed by atoms with van der Waals surface area (Å²) in [6, 6.07) is 10.0. The fraction of sp³-hybridized carbons (Fsp3) is 0.263. The molecule has 0 fully saturated rings. The van der Waals surface area contributed by atoms with Crippen molar-refractivity contribution in [2.75, 3.05) is 0 Å². The van der Waals surface area contributed by atoms with Crippen molar-refractivity contribution in [2.45, 2.75) is 32.2 Å². The second kappa shape index (κ2) is 7.17. The third-order valence-corrected chi connectivity index (χ3v) is 4.22. The molecule has 1 unspecified atom stereocenters. The fourth-order valence-electron chi connectivity index (χ4n) is 2.95. The van der Waals surface area contributed by atoms with Gasteiger partial charge in [0, 0.05) is 29.3 Å². The average Bonchev–Trinajstić information content (AvgIpc) is 3.06. The smallest absolute Gasteiger partial charge is 0.150 e. The van der Waals surface area contributed by atoms with E-state index in [0.717, 1.165) is 36.2 Å². The molecule has 0 saturated heterocycles. The Morgan fingerprint density at radius 1 is 1.29 bits per heavy atom. The van der Waals surface area contributed by atoms with Crippen LogP contribution in [0.5, 0.6) is 0 Å². The van der Waals surface area contributed by atoms with Crippen LogP contribution in [-0.4, -0.2) is 15.6 Å². The molecule has 0 saturated carbocycles. The summed E-state index contributed by atoms with van der Waals surface area (Å²) in [5.74, 6) is 5.95. The van der Waals surface area contributed by atoms with Gasteiger partial charge in [-0.1, -0.05) is 55.5 Å². The van der Waals surface area contributed by atoms with Crippen LogP contribution < -0.4 is 11.6 Å². The molecular formula is C19H23N5. The highest BCUT2D eigenvalue weighted by molar-refractivity contribution is 5.97. The molecule has 5 heteroatoms. The highest BCUT2D eigenvalue weighted by atomic mass is 15.3. The van der Waals surface area contributed by atoms with Gasteiger partial charge in [-0.3, -0.25) is 4.68 Å². The van der Waals surface area contributed by atoms with Gasteiger partial charge in [0.05, 0.1) is 5.69 Å². The van der Waals surface area contributed by atoms with Gasteiger partial charge >= 0.3 is 0 Å². The number of hydrogen-bond donors (Lipinski definition) is 2. The molecule has 1 aliphatic rings. The third-order valence-electron chi connectivity index (χ3n) is 4.22. The highest BCUT2D eigenvalue weighted by Crippen LogP contribution is 2.29. The van der Waals surface area contributed by atoms with Crippen molar-refractivity contribution in [1.29, 1.82) is 0 Å². The number of aryl methyl sites for hydroxylation is 1. The van der Waals surface area contributed by atoms with E-state index in [-0.39, 0.29) is 0 Å². The van der Waals surface area contributed by atoms with Crippen LogP contribution in [0.2, 0.25) is 0 Å². The maximum atomic E-state index is 5.74. The van der Waals surface area contributed by atoms with Gasteiger partial charge in [0.15, 0.2) is 0 Å². The zero-order valence-electron chi connectivity index (χ0n) is 13.9. The molecule has 3 rings (SSSR count). The van der Waals surface area contributed by atoms with E-state index < -0.39 is 0 Å². The number of aromatic nitrogens is 2. The average molecular weight is 321 g/mol. The molecule has 124 valence electrons. The predicted octanol–water partition coefficient (Wildman–Crippen LogP) is 3.14. The van der Waals surface area contributed by atoms with Crippen molar-refractivity contribution < 1.29 is 0 Å². The Kier molecular flexibility index (Phi) is 4.79. The minimum atomic E-state index is 0.331.